The SMILES string of the molecule is COc1ccc(C(=O)CCN2CCCC2CC(=O)O)c(C)c1. The number of Topliss-reactive ketones (excluding diaryl/α,β-unsaturated/α-hetero) is 1. The molecule has 1 heterocycles. The molecule has 1 aliphatic rings. The maximum atomic E-state index is 12.4. The van der Waals surface area contributed by atoms with Gasteiger partial charge in [-0.25, -0.2) is 0 Å². The minimum absolute atomic E-state index is 0.0715. The highest BCUT2D eigenvalue weighted by Gasteiger charge is 2.26. The molecule has 5 heteroatoms. The number of methoxy groups -OCH3 is 1. The highest BCUT2D eigenvalue weighted by Crippen LogP contribution is 2.22. The number of ketones is 1. The molecule has 1 saturated heterocycles. The minimum Gasteiger partial charge on any atom is -0.497 e. The molecule has 0 aliphatic carbocycles. The molecule has 1 aromatic carbocycles. The van der Waals surface area contributed by atoms with E-state index in [2.05, 4.69) is 4.90 Å². The lowest BCUT2D eigenvalue weighted by molar-refractivity contribution is -0.138. The number of hydrogen-bond acceptors (Lipinski definition) is 4. The fourth-order valence-corrected chi connectivity index (χ4v) is 3.08. The molecule has 1 N–H and O–H groups in total. The van der Waals surface area contributed by atoms with Crippen molar-refractivity contribution in [2.24, 2.45) is 0 Å². The molecule has 1 fully saturated rings. The van der Waals surface area contributed by atoms with E-state index in [4.69, 9.17) is 9.84 Å². The topological polar surface area (TPSA) is 66.8 Å². The van der Waals surface area contributed by atoms with Gasteiger partial charge in [0.1, 0.15) is 5.75 Å². The lowest BCUT2D eigenvalue weighted by atomic mass is 10.0. The Bertz CT molecular complexity index is 556. The van der Waals surface area contributed by atoms with Crippen LogP contribution in [0, 0.1) is 6.92 Å². The van der Waals surface area contributed by atoms with Crippen LogP contribution >= 0.6 is 0 Å². The van der Waals surface area contributed by atoms with Crippen LogP contribution in [0.2, 0.25) is 0 Å². The second kappa shape index (κ2) is 7.40. The van der Waals surface area contributed by atoms with Crippen LogP contribution in [0.25, 0.3) is 0 Å². The van der Waals surface area contributed by atoms with Gasteiger partial charge < -0.3 is 9.84 Å². The summed E-state index contributed by atoms with van der Waals surface area (Å²) in [6, 6.07) is 5.52. The van der Waals surface area contributed by atoms with E-state index < -0.39 is 5.97 Å². The zero-order valence-electron chi connectivity index (χ0n) is 13.2. The van der Waals surface area contributed by atoms with E-state index in [-0.39, 0.29) is 18.2 Å². The summed E-state index contributed by atoms with van der Waals surface area (Å²) in [5.41, 5.74) is 1.63. The van der Waals surface area contributed by atoms with Crippen molar-refractivity contribution in [1.29, 1.82) is 0 Å². The van der Waals surface area contributed by atoms with E-state index in [9.17, 15) is 9.59 Å². The largest absolute Gasteiger partial charge is 0.497 e. The van der Waals surface area contributed by atoms with E-state index in [0.717, 1.165) is 36.3 Å². The normalized spacial score (nSPS) is 18.4. The van der Waals surface area contributed by atoms with Crippen molar-refractivity contribution in [2.75, 3.05) is 20.2 Å². The summed E-state index contributed by atoms with van der Waals surface area (Å²) >= 11 is 0. The quantitative estimate of drug-likeness (QED) is 0.784. The molecule has 1 atom stereocenters. The minimum atomic E-state index is -0.769. The number of rotatable bonds is 7. The van der Waals surface area contributed by atoms with Crippen LogP contribution in [0.15, 0.2) is 18.2 Å². The summed E-state index contributed by atoms with van der Waals surface area (Å²) in [4.78, 5) is 25.4. The first-order valence-electron chi connectivity index (χ1n) is 7.65. The first-order chi connectivity index (χ1) is 10.5. The van der Waals surface area contributed by atoms with Crippen molar-refractivity contribution < 1.29 is 19.4 Å². The number of likely N-dealkylation sites (tertiary alicyclic amines) is 1. The number of carbonyl (C=O) groups is 2. The van der Waals surface area contributed by atoms with E-state index >= 15 is 0 Å². The van der Waals surface area contributed by atoms with Gasteiger partial charge in [0.15, 0.2) is 5.78 Å². The zero-order chi connectivity index (χ0) is 16.1. The Balaban J connectivity index is 1.93. The molecule has 0 aromatic heterocycles. The van der Waals surface area contributed by atoms with E-state index in [1.165, 1.54) is 0 Å². The first-order valence-corrected chi connectivity index (χ1v) is 7.65. The standard InChI is InChI=1S/C17H23NO4/c1-12-10-14(22-2)5-6-15(12)16(19)7-9-18-8-3-4-13(18)11-17(20)21/h5-6,10,13H,3-4,7-9,11H2,1-2H3,(H,20,21). The fraction of sp³-hybridized carbons (Fsp3) is 0.529. The van der Waals surface area contributed by atoms with Crippen molar-refractivity contribution >= 4 is 11.8 Å². The van der Waals surface area contributed by atoms with Gasteiger partial charge in [-0.1, -0.05) is 0 Å². The number of carboxylic acids is 1. The average molecular weight is 305 g/mol. The molecule has 0 spiro atoms. The van der Waals surface area contributed by atoms with Crippen LogP contribution in [0.4, 0.5) is 0 Å². The van der Waals surface area contributed by atoms with Crippen LogP contribution in [0.3, 0.4) is 0 Å². The van der Waals surface area contributed by atoms with E-state index in [0.29, 0.717) is 13.0 Å². The highest BCUT2D eigenvalue weighted by molar-refractivity contribution is 5.97. The second-order valence-corrected chi connectivity index (χ2v) is 5.78. The summed E-state index contributed by atoms with van der Waals surface area (Å²) in [5.74, 6) is 0.0745. The molecule has 120 valence electrons. The van der Waals surface area contributed by atoms with Gasteiger partial charge in [-0.3, -0.25) is 14.5 Å². The summed E-state index contributed by atoms with van der Waals surface area (Å²) in [7, 11) is 1.60. The summed E-state index contributed by atoms with van der Waals surface area (Å²) in [6.45, 7) is 3.41. The van der Waals surface area contributed by atoms with E-state index in [1.54, 1.807) is 19.2 Å². The van der Waals surface area contributed by atoms with Gasteiger partial charge in [0.05, 0.1) is 13.5 Å². The summed E-state index contributed by atoms with van der Waals surface area (Å²) in [5, 5.41) is 8.93. The summed E-state index contributed by atoms with van der Waals surface area (Å²) < 4.78 is 5.15. The maximum Gasteiger partial charge on any atom is 0.304 e. The van der Waals surface area contributed by atoms with Crippen LogP contribution in [-0.4, -0.2) is 48.0 Å². The molecule has 1 unspecified atom stereocenters. The van der Waals surface area contributed by atoms with Crippen LogP contribution < -0.4 is 4.74 Å². The Labute approximate surface area is 130 Å². The number of carbonyl (C=O) groups excluding carboxylic acids is 1. The zero-order valence-corrected chi connectivity index (χ0v) is 13.2. The number of benzene rings is 1. The van der Waals surface area contributed by atoms with Crippen molar-refractivity contribution in [3.8, 4) is 5.75 Å². The van der Waals surface area contributed by atoms with Gasteiger partial charge in [-0.05, 0) is 50.1 Å². The number of carboxylic acid groups (broad SMARTS) is 1. The number of ether oxygens (including phenoxy) is 1. The molecule has 0 amide bonds. The lowest BCUT2D eigenvalue weighted by Gasteiger charge is -2.22. The average Bonchev–Trinajstić information content (AvgIpc) is 2.91. The Kier molecular flexibility index (Phi) is 5.55. The molecular formula is C17H23NO4. The molecule has 1 aliphatic heterocycles. The van der Waals surface area contributed by atoms with Crippen molar-refractivity contribution in [3.05, 3.63) is 29.3 Å². The molecule has 5 nitrogen and oxygen atoms in total. The van der Waals surface area contributed by atoms with Gasteiger partial charge in [-0.2, -0.15) is 0 Å². The number of aliphatic carboxylic acids is 1. The Morgan fingerprint density at radius 3 is 2.82 bits per heavy atom. The van der Waals surface area contributed by atoms with E-state index in [1.807, 2.05) is 13.0 Å². The highest BCUT2D eigenvalue weighted by atomic mass is 16.5. The molecule has 22 heavy (non-hydrogen) atoms. The molecule has 1 aromatic rings. The molecule has 0 saturated carbocycles. The van der Waals surface area contributed by atoms with Gasteiger partial charge >= 0.3 is 5.97 Å². The van der Waals surface area contributed by atoms with Gasteiger partial charge in [0, 0.05) is 24.6 Å². The van der Waals surface area contributed by atoms with Gasteiger partial charge in [-0.15, -0.1) is 0 Å². The number of hydrogen-bond donors (Lipinski definition) is 1. The maximum absolute atomic E-state index is 12.4. The van der Waals surface area contributed by atoms with Crippen molar-refractivity contribution in [3.63, 3.8) is 0 Å². The smallest absolute Gasteiger partial charge is 0.304 e. The molecule has 0 radical (unpaired) electrons. The monoisotopic (exact) mass is 305 g/mol. The first kappa shape index (κ1) is 16.5. The van der Waals surface area contributed by atoms with Crippen molar-refractivity contribution in [2.45, 2.75) is 38.6 Å². The number of aryl methyl sites for hydroxylation is 1. The van der Waals surface area contributed by atoms with Gasteiger partial charge in [0.2, 0.25) is 0 Å². The predicted molar refractivity (Wildman–Crippen MR) is 83.5 cm³/mol. The van der Waals surface area contributed by atoms with Crippen LogP contribution in [0.1, 0.15) is 41.6 Å². The Morgan fingerprint density at radius 1 is 1.41 bits per heavy atom. The number of nitrogens with zero attached hydrogens (tertiary/aromatic N) is 1. The molecular weight excluding hydrogens is 282 g/mol. The fourth-order valence-electron chi connectivity index (χ4n) is 3.08. The third-order valence-corrected chi connectivity index (χ3v) is 4.27. The van der Waals surface area contributed by atoms with Crippen LogP contribution in [0.5, 0.6) is 5.75 Å². The molecule has 0 bridgehead atoms. The van der Waals surface area contributed by atoms with Crippen LogP contribution in [-0.2, 0) is 4.79 Å². The Morgan fingerprint density at radius 2 is 2.18 bits per heavy atom. The van der Waals surface area contributed by atoms with Gasteiger partial charge in [0.25, 0.3) is 0 Å². The lowest BCUT2D eigenvalue weighted by Crippen LogP contribution is -2.33. The Hall–Kier alpha value is -1.88. The second-order valence-electron chi connectivity index (χ2n) is 5.78. The molecule has 2 rings (SSSR count). The van der Waals surface area contributed by atoms with Crippen molar-refractivity contribution in [1.82, 2.24) is 4.90 Å². The third kappa shape index (κ3) is 4.07. The summed E-state index contributed by atoms with van der Waals surface area (Å²) in [6.07, 6.45) is 2.49. The third-order valence-electron chi connectivity index (χ3n) is 4.27. The predicted octanol–water partition coefficient (Wildman–Crippen LogP) is 2.52.